The van der Waals surface area contributed by atoms with E-state index in [2.05, 4.69) is 32.6 Å². The monoisotopic (exact) mass is 171 g/mol. The molecule has 72 valence electrons. The predicted octanol–water partition coefficient (Wildman–Crippen LogP) is 1.35. The van der Waals surface area contributed by atoms with E-state index in [-0.39, 0.29) is 6.61 Å². The van der Waals surface area contributed by atoms with Crippen LogP contribution in [0.1, 0.15) is 27.7 Å². The smallest absolute Gasteiger partial charge is 0.0584 e. The second-order valence-electron chi connectivity index (χ2n) is 5.05. The quantitative estimate of drug-likeness (QED) is 0.678. The summed E-state index contributed by atoms with van der Waals surface area (Å²) in [5.74, 6) is 0.812. The standard InChI is InChI=1S/C10H21NO/c1-8(7-12)11-5-9(6-11)10(2,3)4/h8-9,12H,5-7H2,1-4H3/t8-/m1/s1. The van der Waals surface area contributed by atoms with Crippen molar-refractivity contribution >= 4 is 0 Å². The lowest BCUT2D eigenvalue weighted by Gasteiger charge is -2.48. The van der Waals surface area contributed by atoms with Crippen molar-refractivity contribution < 1.29 is 5.11 Å². The third-order valence-corrected chi connectivity index (χ3v) is 3.02. The fraction of sp³-hybridized carbons (Fsp3) is 1.00. The van der Waals surface area contributed by atoms with Crippen LogP contribution in [0.3, 0.4) is 0 Å². The molecule has 1 N–H and O–H groups in total. The van der Waals surface area contributed by atoms with E-state index in [1.165, 1.54) is 0 Å². The molecule has 0 bridgehead atoms. The van der Waals surface area contributed by atoms with Gasteiger partial charge in [0.1, 0.15) is 0 Å². The summed E-state index contributed by atoms with van der Waals surface area (Å²) in [6, 6.07) is 0.351. The topological polar surface area (TPSA) is 23.5 Å². The van der Waals surface area contributed by atoms with Crippen molar-refractivity contribution in [2.45, 2.75) is 33.7 Å². The van der Waals surface area contributed by atoms with Gasteiger partial charge in [-0.2, -0.15) is 0 Å². The molecule has 1 aliphatic heterocycles. The summed E-state index contributed by atoms with van der Waals surface area (Å²) in [4.78, 5) is 2.34. The van der Waals surface area contributed by atoms with E-state index in [9.17, 15) is 0 Å². The first-order chi connectivity index (χ1) is 5.45. The molecule has 1 aliphatic rings. The van der Waals surface area contributed by atoms with Crippen LogP contribution in [0.5, 0.6) is 0 Å². The van der Waals surface area contributed by atoms with Crippen LogP contribution in [0.25, 0.3) is 0 Å². The lowest BCUT2D eigenvalue weighted by molar-refractivity contribution is -0.0173. The van der Waals surface area contributed by atoms with E-state index in [1.807, 2.05) is 0 Å². The highest BCUT2D eigenvalue weighted by Crippen LogP contribution is 2.34. The molecular formula is C10H21NO. The Hall–Kier alpha value is -0.0800. The average molecular weight is 171 g/mol. The minimum absolute atomic E-state index is 0.289. The molecule has 0 saturated carbocycles. The van der Waals surface area contributed by atoms with E-state index < -0.39 is 0 Å². The van der Waals surface area contributed by atoms with Crippen LogP contribution < -0.4 is 0 Å². The number of nitrogens with zero attached hydrogens (tertiary/aromatic N) is 1. The number of aliphatic hydroxyl groups excluding tert-OH is 1. The maximum atomic E-state index is 8.92. The predicted molar refractivity (Wildman–Crippen MR) is 51.1 cm³/mol. The van der Waals surface area contributed by atoms with Crippen molar-refractivity contribution in [3.8, 4) is 0 Å². The Morgan fingerprint density at radius 2 is 1.92 bits per heavy atom. The molecule has 2 heteroatoms. The van der Waals surface area contributed by atoms with Crippen molar-refractivity contribution in [2.24, 2.45) is 11.3 Å². The van der Waals surface area contributed by atoms with Gasteiger partial charge in [-0.1, -0.05) is 20.8 Å². The van der Waals surface area contributed by atoms with Crippen molar-refractivity contribution in [2.75, 3.05) is 19.7 Å². The molecule has 0 aromatic carbocycles. The second-order valence-corrected chi connectivity index (χ2v) is 5.05. The molecule has 1 saturated heterocycles. The molecule has 0 aliphatic carbocycles. The summed E-state index contributed by atoms with van der Waals surface area (Å²) in [7, 11) is 0. The summed E-state index contributed by atoms with van der Waals surface area (Å²) < 4.78 is 0. The summed E-state index contributed by atoms with van der Waals surface area (Å²) >= 11 is 0. The van der Waals surface area contributed by atoms with Gasteiger partial charge in [-0.05, 0) is 18.3 Å². The molecule has 0 unspecified atom stereocenters. The van der Waals surface area contributed by atoms with E-state index in [4.69, 9.17) is 5.11 Å². The highest BCUT2D eigenvalue weighted by atomic mass is 16.3. The lowest BCUT2D eigenvalue weighted by Crippen LogP contribution is -2.56. The van der Waals surface area contributed by atoms with Gasteiger partial charge in [-0.25, -0.2) is 0 Å². The Labute approximate surface area is 75.6 Å². The first kappa shape index (κ1) is 10.0. The molecule has 1 atom stereocenters. The van der Waals surface area contributed by atoms with Gasteiger partial charge >= 0.3 is 0 Å². The van der Waals surface area contributed by atoms with Gasteiger partial charge in [0.25, 0.3) is 0 Å². The van der Waals surface area contributed by atoms with E-state index in [0.717, 1.165) is 19.0 Å². The highest BCUT2D eigenvalue weighted by Gasteiger charge is 2.37. The molecule has 0 amide bonds. The molecule has 12 heavy (non-hydrogen) atoms. The van der Waals surface area contributed by atoms with Gasteiger partial charge in [-0.3, -0.25) is 4.90 Å². The van der Waals surface area contributed by atoms with Gasteiger partial charge < -0.3 is 5.11 Å². The number of aliphatic hydroxyl groups is 1. The summed E-state index contributed by atoms with van der Waals surface area (Å²) in [6.45, 7) is 11.6. The van der Waals surface area contributed by atoms with Crippen LogP contribution in [0.4, 0.5) is 0 Å². The van der Waals surface area contributed by atoms with Gasteiger partial charge in [0, 0.05) is 19.1 Å². The van der Waals surface area contributed by atoms with Crippen LogP contribution in [0, 0.1) is 11.3 Å². The van der Waals surface area contributed by atoms with Gasteiger partial charge in [0.15, 0.2) is 0 Å². The van der Waals surface area contributed by atoms with Crippen molar-refractivity contribution in [3.05, 3.63) is 0 Å². The SMILES string of the molecule is C[C@H](CO)N1CC(C(C)(C)C)C1. The Bertz CT molecular complexity index is 144. The number of likely N-dealkylation sites (tertiary alicyclic amines) is 1. The normalized spacial score (nSPS) is 23.8. The van der Waals surface area contributed by atoms with Gasteiger partial charge in [0.05, 0.1) is 6.61 Å². The molecule has 1 rings (SSSR count). The Balaban J connectivity index is 2.29. The summed E-state index contributed by atoms with van der Waals surface area (Å²) in [6.07, 6.45) is 0. The second kappa shape index (κ2) is 3.35. The maximum Gasteiger partial charge on any atom is 0.0584 e. The molecule has 1 fully saturated rings. The van der Waals surface area contributed by atoms with Crippen LogP contribution >= 0.6 is 0 Å². The molecule has 0 aromatic rings. The average Bonchev–Trinajstić information content (AvgIpc) is 1.80. The number of rotatable bonds is 2. The molecule has 0 aromatic heterocycles. The Kier molecular flexibility index (Phi) is 2.79. The maximum absolute atomic E-state index is 8.92. The molecule has 1 heterocycles. The molecular weight excluding hydrogens is 150 g/mol. The van der Waals surface area contributed by atoms with Crippen molar-refractivity contribution in [1.29, 1.82) is 0 Å². The first-order valence-electron chi connectivity index (χ1n) is 4.80. The van der Waals surface area contributed by atoms with E-state index in [0.29, 0.717) is 11.5 Å². The fourth-order valence-corrected chi connectivity index (χ4v) is 1.54. The lowest BCUT2D eigenvalue weighted by atomic mass is 9.75. The van der Waals surface area contributed by atoms with Crippen LogP contribution in [-0.2, 0) is 0 Å². The Morgan fingerprint density at radius 3 is 2.25 bits per heavy atom. The number of hydrogen-bond acceptors (Lipinski definition) is 2. The minimum Gasteiger partial charge on any atom is -0.395 e. The zero-order valence-corrected chi connectivity index (χ0v) is 8.67. The first-order valence-corrected chi connectivity index (χ1v) is 4.80. The summed E-state index contributed by atoms with van der Waals surface area (Å²) in [5, 5.41) is 8.92. The van der Waals surface area contributed by atoms with Gasteiger partial charge in [-0.15, -0.1) is 0 Å². The Morgan fingerprint density at radius 1 is 1.42 bits per heavy atom. The minimum atomic E-state index is 0.289. The molecule has 0 radical (unpaired) electrons. The van der Waals surface area contributed by atoms with Crippen LogP contribution in [0.2, 0.25) is 0 Å². The van der Waals surface area contributed by atoms with Crippen LogP contribution in [0.15, 0.2) is 0 Å². The fourth-order valence-electron chi connectivity index (χ4n) is 1.54. The van der Waals surface area contributed by atoms with E-state index in [1.54, 1.807) is 0 Å². The molecule has 2 nitrogen and oxygen atoms in total. The summed E-state index contributed by atoms with van der Waals surface area (Å²) in [5.41, 5.74) is 0.436. The van der Waals surface area contributed by atoms with Crippen LogP contribution in [-0.4, -0.2) is 35.7 Å². The largest absolute Gasteiger partial charge is 0.395 e. The van der Waals surface area contributed by atoms with Gasteiger partial charge in [0.2, 0.25) is 0 Å². The van der Waals surface area contributed by atoms with Crippen molar-refractivity contribution in [1.82, 2.24) is 4.90 Å². The third kappa shape index (κ3) is 1.99. The van der Waals surface area contributed by atoms with Crippen molar-refractivity contribution in [3.63, 3.8) is 0 Å². The third-order valence-electron chi connectivity index (χ3n) is 3.02. The zero-order valence-electron chi connectivity index (χ0n) is 8.67. The molecule has 0 spiro atoms. The zero-order chi connectivity index (χ0) is 9.35. The number of hydrogen-bond donors (Lipinski definition) is 1. The highest BCUT2D eigenvalue weighted by molar-refractivity contribution is 4.89. The van der Waals surface area contributed by atoms with E-state index >= 15 is 0 Å².